The molecule has 4 nitrogen and oxygen atoms in total. The van der Waals surface area contributed by atoms with Gasteiger partial charge >= 0.3 is 0 Å². The number of benzene rings is 2. The summed E-state index contributed by atoms with van der Waals surface area (Å²) in [6.07, 6.45) is 0.407. The van der Waals surface area contributed by atoms with E-state index < -0.39 is 16.6 Å². The van der Waals surface area contributed by atoms with Gasteiger partial charge in [-0.15, -0.1) is 0 Å². The summed E-state index contributed by atoms with van der Waals surface area (Å²) in [6, 6.07) is 12.4. The van der Waals surface area contributed by atoms with E-state index >= 15 is 0 Å². The minimum Gasteiger partial charge on any atom is -0.494 e. The topological polar surface area (TPSA) is 47.9 Å². The van der Waals surface area contributed by atoms with Crippen molar-refractivity contribution >= 4 is 37.9 Å². The number of hydrogen-bond donors (Lipinski definition) is 4. The standard InChI is InChI=1S/C22H25FO4S3/c1-2-25-16-6-3-13(4-7-16)9-14-10-15(5-8-17(14)23)22-20(30)18(28)19(29)21(11-24,27-22)12-26-22/h3-8,10,18-20,24,28-30H,2,9,11-12H2,1H3/t18-,19+,20-,21-,22-/m0/s1. The van der Waals surface area contributed by atoms with Crippen molar-refractivity contribution in [3.8, 4) is 5.75 Å². The molecule has 0 unspecified atom stereocenters. The summed E-state index contributed by atoms with van der Waals surface area (Å²) in [6.45, 7) is 2.44. The van der Waals surface area contributed by atoms with Gasteiger partial charge in [-0.1, -0.05) is 18.2 Å². The predicted molar refractivity (Wildman–Crippen MR) is 124 cm³/mol. The van der Waals surface area contributed by atoms with Crippen LogP contribution in [0.3, 0.4) is 0 Å². The van der Waals surface area contributed by atoms with Crippen LogP contribution >= 0.6 is 37.9 Å². The lowest BCUT2D eigenvalue weighted by Crippen LogP contribution is -2.60. The second-order valence-electron chi connectivity index (χ2n) is 7.72. The first-order valence-electron chi connectivity index (χ1n) is 9.85. The molecule has 30 heavy (non-hydrogen) atoms. The maximum atomic E-state index is 14.6. The molecule has 2 aromatic rings. The molecule has 2 aliphatic heterocycles. The number of ether oxygens (including phenoxy) is 3. The molecule has 2 aliphatic rings. The molecule has 8 heteroatoms. The van der Waals surface area contributed by atoms with Crippen LogP contribution in [0.25, 0.3) is 0 Å². The van der Waals surface area contributed by atoms with Gasteiger partial charge in [-0.25, -0.2) is 4.39 Å². The predicted octanol–water partition coefficient (Wildman–Crippen LogP) is 3.65. The largest absolute Gasteiger partial charge is 0.494 e. The molecule has 2 heterocycles. The van der Waals surface area contributed by atoms with Crippen molar-refractivity contribution in [3.05, 3.63) is 65.0 Å². The smallest absolute Gasteiger partial charge is 0.208 e. The fourth-order valence-electron chi connectivity index (χ4n) is 4.09. The summed E-state index contributed by atoms with van der Waals surface area (Å²) in [7, 11) is 0. The van der Waals surface area contributed by atoms with Crippen LogP contribution in [-0.2, 0) is 21.7 Å². The Morgan fingerprint density at radius 1 is 1.13 bits per heavy atom. The van der Waals surface area contributed by atoms with Gasteiger partial charge in [0.05, 0.1) is 25.1 Å². The molecule has 0 saturated carbocycles. The maximum Gasteiger partial charge on any atom is 0.208 e. The SMILES string of the molecule is CCOc1ccc(Cc2cc([C@]34OC[C@](CO)(O3)[C@H](S)[C@H](S)[C@@H]4S)ccc2F)cc1. The van der Waals surface area contributed by atoms with Gasteiger partial charge in [-0.05, 0) is 42.3 Å². The first kappa shape index (κ1) is 22.3. The first-order valence-corrected chi connectivity index (χ1v) is 11.4. The number of hydrogen-bond acceptors (Lipinski definition) is 7. The van der Waals surface area contributed by atoms with Crippen LogP contribution in [0.2, 0.25) is 0 Å². The molecule has 2 fully saturated rings. The van der Waals surface area contributed by atoms with Crippen molar-refractivity contribution in [2.75, 3.05) is 19.8 Å². The van der Waals surface area contributed by atoms with Gasteiger partial charge in [0, 0.05) is 22.5 Å². The van der Waals surface area contributed by atoms with Crippen molar-refractivity contribution in [2.24, 2.45) is 0 Å². The summed E-state index contributed by atoms with van der Waals surface area (Å²) in [5.41, 5.74) is 1.15. The van der Waals surface area contributed by atoms with E-state index in [1.54, 1.807) is 12.1 Å². The maximum absolute atomic E-state index is 14.6. The summed E-state index contributed by atoms with van der Waals surface area (Å²) < 4.78 is 32.5. The number of halogens is 1. The van der Waals surface area contributed by atoms with Gasteiger partial charge in [0.15, 0.2) is 0 Å². The minimum atomic E-state index is -1.22. The van der Waals surface area contributed by atoms with E-state index in [-0.39, 0.29) is 29.5 Å². The van der Waals surface area contributed by atoms with E-state index in [4.69, 9.17) is 26.8 Å². The van der Waals surface area contributed by atoms with Gasteiger partial charge in [0.25, 0.3) is 0 Å². The van der Waals surface area contributed by atoms with Crippen LogP contribution in [0.5, 0.6) is 5.75 Å². The molecule has 162 valence electrons. The molecule has 2 saturated heterocycles. The summed E-state index contributed by atoms with van der Waals surface area (Å²) in [4.78, 5) is 0. The summed E-state index contributed by atoms with van der Waals surface area (Å²) in [5.74, 6) is -0.751. The van der Waals surface area contributed by atoms with Crippen LogP contribution in [0.1, 0.15) is 23.6 Å². The van der Waals surface area contributed by atoms with E-state index in [1.165, 1.54) is 6.07 Å². The van der Waals surface area contributed by atoms with E-state index in [0.29, 0.717) is 24.2 Å². The number of aliphatic hydroxyl groups excluding tert-OH is 1. The van der Waals surface area contributed by atoms with E-state index in [0.717, 1.165) is 11.3 Å². The molecule has 0 spiro atoms. The number of fused-ring (bicyclic) bond motifs is 2. The normalized spacial score (nSPS) is 32.9. The van der Waals surface area contributed by atoms with Crippen LogP contribution < -0.4 is 4.74 Å². The molecule has 1 N–H and O–H groups in total. The third-order valence-electron chi connectivity index (χ3n) is 5.81. The fourth-order valence-corrected chi connectivity index (χ4v) is 5.53. The highest BCUT2D eigenvalue weighted by Gasteiger charge is 2.65. The third-order valence-corrected chi connectivity index (χ3v) is 8.33. The van der Waals surface area contributed by atoms with Crippen molar-refractivity contribution in [3.63, 3.8) is 0 Å². The lowest BCUT2D eigenvalue weighted by molar-refractivity contribution is -0.218. The van der Waals surface area contributed by atoms with Gasteiger partial charge < -0.3 is 19.3 Å². The molecule has 0 aliphatic carbocycles. The van der Waals surface area contributed by atoms with Crippen molar-refractivity contribution in [2.45, 2.75) is 40.5 Å². The second-order valence-corrected chi connectivity index (χ2v) is 9.43. The lowest BCUT2D eigenvalue weighted by atomic mass is 9.88. The Hall–Kier alpha value is -0.900. The summed E-state index contributed by atoms with van der Waals surface area (Å²) >= 11 is 14.0. The van der Waals surface area contributed by atoms with Crippen molar-refractivity contribution < 1.29 is 23.7 Å². The highest BCUT2D eigenvalue weighted by Crippen LogP contribution is 2.54. The molecule has 4 rings (SSSR count). The average Bonchev–Trinajstić information content (AvgIpc) is 3.14. The summed E-state index contributed by atoms with van der Waals surface area (Å²) in [5, 5.41) is 8.88. The highest BCUT2D eigenvalue weighted by atomic mass is 32.1. The second kappa shape index (κ2) is 8.56. The van der Waals surface area contributed by atoms with Gasteiger partial charge in [0.1, 0.15) is 17.2 Å². The quantitative estimate of drug-likeness (QED) is 0.489. The number of rotatable bonds is 6. The molecule has 0 amide bonds. The Morgan fingerprint density at radius 2 is 1.87 bits per heavy atom. The van der Waals surface area contributed by atoms with Gasteiger partial charge in [-0.2, -0.15) is 37.9 Å². The fraction of sp³-hybridized carbons (Fsp3) is 0.455. The third kappa shape index (κ3) is 3.65. The molecular formula is C22H25FO4S3. The number of thiol groups is 3. The Balaban J connectivity index is 1.66. The molecule has 0 aromatic heterocycles. The minimum absolute atomic E-state index is 0.164. The van der Waals surface area contributed by atoms with Crippen LogP contribution in [0, 0.1) is 5.82 Å². The zero-order valence-electron chi connectivity index (χ0n) is 16.5. The monoisotopic (exact) mass is 468 g/mol. The lowest BCUT2D eigenvalue weighted by Gasteiger charge is -2.47. The zero-order chi connectivity index (χ0) is 21.5. The molecule has 2 aromatic carbocycles. The highest BCUT2D eigenvalue weighted by molar-refractivity contribution is 7.87. The van der Waals surface area contributed by atoms with E-state index in [2.05, 4.69) is 25.3 Å². The van der Waals surface area contributed by atoms with Crippen LogP contribution in [0.4, 0.5) is 4.39 Å². The molecule has 5 atom stereocenters. The van der Waals surface area contributed by atoms with E-state index in [1.807, 2.05) is 31.2 Å². The van der Waals surface area contributed by atoms with Gasteiger partial charge in [-0.3, -0.25) is 0 Å². The van der Waals surface area contributed by atoms with Crippen molar-refractivity contribution in [1.82, 2.24) is 0 Å². The Kier molecular flexibility index (Phi) is 6.36. The number of aliphatic hydroxyl groups is 1. The average molecular weight is 469 g/mol. The Morgan fingerprint density at radius 3 is 2.53 bits per heavy atom. The van der Waals surface area contributed by atoms with Crippen LogP contribution in [-0.4, -0.2) is 46.3 Å². The molecule has 0 radical (unpaired) electrons. The van der Waals surface area contributed by atoms with E-state index in [9.17, 15) is 9.50 Å². The zero-order valence-corrected chi connectivity index (χ0v) is 19.2. The van der Waals surface area contributed by atoms with Gasteiger partial charge in [0.2, 0.25) is 5.79 Å². The Bertz CT molecular complexity index is 912. The molecular weight excluding hydrogens is 443 g/mol. The van der Waals surface area contributed by atoms with Crippen molar-refractivity contribution in [1.29, 1.82) is 0 Å². The Labute approximate surface area is 192 Å². The van der Waals surface area contributed by atoms with Crippen LogP contribution in [0.15, 0.2) is 42.5 Å². The molecule has 2 bridgehead atoms. The first-order chi connectivity index (χ1) is 14.3.